The average molecular weight is 439 g/mol. The molecule has 2 N–H and O–H groups in total. The Morgan fingerprint density at radius 3 is 2.91 bits per heavy atom. The van der Waals surface area contributed by atoms with E-state index in [-0.39, 0.29) is 17.6 Å². The highest BCUT2D eigenvalue weighted by Gasteiger charge is 2.29. The Balaban J connectivity index is 1.65. The highest BCUT2D eigenvalue weighted by atomic mass is 19.1. The van der Waals surface area contributed by atoms with E-state index in [9.17, 15) is 14.3 Å². The molecule has 1 aliphatic carbocycles. The molecule has 2 aliphatic rings. The number of aliphatic hydroxyl groups excluding tert-OH is 1. The second-order valence-corrected chi connectivity index (χ2v) is 8.94. The van der Waals surface area contributed by atoms with Gasteiger partial charge < -0.3 is 20.1 Å². The predicted molar refractivity (Wildman–Crippen MR) is 122 cm³/mol. The van der Waals surface area contributed by atoms with Crippen LogP contribution in [0, 0.1) is 5.82 Å². The summed E-state index contributed by atoms with van der Waals surface area (Å²) < 4.78 is 19.4. The maximum atomic E-state index is 14.1. The van der Waals surface area contributed by atoms with Crippen LogP contribution >= 0.6 is 0 Å². The van der Waals surface area contributed by atoms with Gasteiger partial charge in [0.1, 0.15) is 23.0 Å². The summed E-state index contributed by atoms with van der Waals surface area (Å²) in [5, 5.41) is 13.9. The maximum Gasteiger partial charge on any atom is 0.407 e. The number of carbonyl (C=O) groups is 1. The third-order valence-electron chi connectivity index (χ3n) is 5.21. The van der Waals surface area contributed by atoms with Gasteiger partial charge in [-0.1, -0.05) is 18.2 Å². The van der Waals surface area contributed by atoms with Crippen molar-refractivity contribution in [1.29, 1.82) is 0 Å². The van der Waals surface area contributed by atoms with Crippen molar-refractivity contribution in [1.82, 2.24) is 15.3 Å². The van der Waals surface area contributed by atoms with Crippen molar-refractivity contribution in [3.63, 3.8) is 0 Å². The first kappa shape index (κ1) is 21.8. The number of halogens is 1. The molecule has 2 aromatic rings. The normalized spacial score (nSPS) is 18.9. The Morgan fingerprint density at radius 2 is 2.12 bits per heavy atom. The summed E-state index contributed by atoms with van der Waals surface area (Å²) in [4.78, 5) is 23.5. The fraction of sp³-hybridized carbons (Fsp3) is 0.375. The number of hydrogen-bond acceptors (Lipinski definition) is 6. The Hall–Kier alpha value is -3.42. The van der Waals surface area contributed by atoms with Crippen LogP contribution in [-0.2, 0) is 4.74 Å². The van der Waals surface area contributed by atoms with Crippen LogP contribution in [0.1, 0.15) is 39.4 Å². The lowest BCUT2D eigenvalue weighted by atomic mass is 10.1. The quantitative estimate of drug-likeness (QED) is 0.725. The standard InChI is InChI=1S/C24H27FN4O3/c1-24(2,3)32-23(31)26-16-11-12-29(14-16)22-18-13-15(25)9-10-19(18)27-21(28-22)17-7-5-4-6-8-20(17)30/h4,6-10,13,16,30H,5,11-12,14H2,1-3H3,(H,26,31). The number of aromatic nitrogens is 2. The van der Waals surface area contributed by atoms with Crippen molar-refractivity contribution in [3.8, 4) is 0 Å². The summed E-state index contributed by atoms with van der Waals surface area (Å²) in [6.07, 6.45) is 8.05. The van der Waals surface area contributed by atoms with Gasteiger partial charge in [0.25, 0.3) is 0 Å². The molecular weight excluding hydrogens is 411 g/mol. The molecule has 2 heterocycles. The molecule has 1 aromatic carbocycles. The largest absolute Gasteiger partial charge is 0.507 e. The van der Waals surface area contributed by atoms with Gasteiger partial charge in [-0.05, 0) is 57.9 Å². The zero-order valence-electron chi connectivity index (χ0n) is 18.4. The van der Waals surface area contributed by atoms with Crippen LogP contribution in [-0.4, -0.2) is 45.9 Å². The number of amides is 1. The van der Waals surface area contributed by atoms with E-state index in [0.29, 0.717) is 54.0 Å². The van der Waals surface area contributed by atoms with Crippen molar-refractivity contribution < 1.29 is 19.0 Å². The first-order valence-corrected chi connectivity index (χ1v) is 10.7. The van der Waals surface area contributed by atoms with Gasteiger partial charge in [0.05, 0.1) is 17.1 Å². The summed E-state index contributed by atoms with van der Waals surface area (Å²) >= 11 is 0. The van der Waals surface area contributed by atoms with Gasteiger partial charge in [0.2, 0.25) is 0 Å². The van der Waals surface area contributed by atoms with E-state index in [4.69, 9.17) is 9.72 Å². The first-order valence-electron chi connectivity index (χ1n) is 10.7. The summed E-state index contributed by atoms with van der Waals surface area (Å²) in [5.41, 5.74) is 0.542. The molecular formula is C24H27FN4O3. The highest BCUT2D eigenvalue weighted by molar-refractivity contribution is 5.91. The molecule has 1 fully saturated rings. The van der Waals surface area contributed by atoms with E-state index in [1.54, 1.807) is 18.2 Å². The summed E-state index contributed by atoms with van der Waals surface area (Å²) in [7, 11) is 0. The summed E-state index contributed by atoms with van der Waals surface area (Å²) in [6, 6.07) is 4.27. The molecule has 4 rings (SSSR count). The van der Waals surface area contributed by atoms with Crippen molar-refractivity contribution in [2.45, 2.75) is 45.3 Å². The number of nitrogens with zero attached hydrogens (tertiary/aromatic N) is 3. The molecule has 0 radical (unpaired) electrons. The van der Waals surface area contributed by atoms with E-state index in [0.717, 1.165) is 0 Å². The molecule has 8 heteroatoms. The fourth-order valence-electron chi connectivity index (χ4n) is 3.81. The molecule has 168 valence electrons. The Bertz CT molecular complexity index is 1130. The number of nitrogens with one attached hydrogen (secondary N) is 1. The lowest BCUT2D eigenvalue weighted by Crippen LogP contribution is -2.40. The monoisotopic (exact) mass is 438 g/mol. The number of ether oxygens (including phenoxy) is 1. The minimum atomic E-state index is -0.575. The molecule has 1 saturated heterocycles. The summed E-state index contributed by atoms with van der Waals surface area (Å²) in [5.74, 6) is 0.652. The van der Waals surface area contributed by atoms with Crippen LogP contribution in [0.4, 0.5) is 15.0 Å². The molecule has 0 bridgehead atoms. The highest BCUT2D eigenvalue weighted by Crippen LogP contribution is 2.31. The van der Waals surface area contributed by atoms with Crippen molar-refractivity contribution in [2.75, 3.05) is 18.0 Å². The molecule has 1 unspecified atom stereocenters. The molecule has 0 spiro atoms. The van der Waals surface area contributed by atoms with E-state index < -0.39 is 11.7 Å². The van der Waals surface area contributed by atoms with Gasteiger partial charge in [-0.2, -0.15) is 0 Å². The molecule has 0 saturated carbocycles. The number of hydrogen-bond donors (Lipinski definition) is 2. The Kier molecular flexibility index (Phi) is 5.86. The third-order valence-corrected chi connectivity index (χ3v) is 5.21. The number of alkyl carbamates (subject to hydrolysis) is 1. The number of benzene rings is 1. The zero-order valence-corrected chi connectivity index (χ0v) is 18.4. The first-order chi connectivity index (χ1) is 15.2. The minimum Gasteiger partial charge on any atom is -0.507 e. The molecule has 1 aromatic heterocycles. The third kappa shape index (κ3) is 4.90. The number of fused-ring (bicyclic) bond motifs is 1. The smallest absolute Gasteiger partial charge is 0.407 e. The molecule has 7 nitrogen and oxygen atoms in total. The van der Waals surface area contributed by atoms with Gasteiger partial charge in [-0.25, -0.2) is 19.2 Å². The number of rotatable bonds is 3. The van der Waals surface area contributed by atoms with Crippen LogP contribution < -0.4 is 10.2 Å². The SMILES string of the molecule is CC(C)(C)OC(=O)NC1CCN(c2nc(C3=CCC=CC=C3O)nc3ccc(F)cc23)C1. The van der Waals surface area contributed by atoms with Crippen molar-refractivity contribution in [3.05, 3.63) is 59.9 Å². The lowest BCUT2D eigenvalue weighted by Gasteiger charge is -2.23. The number of carbonyl (C=O) groups excluding carboxylic acids is 1. The second-order valence-electron chi connectivity index (χ2n) is 8.94. The van der Waals surface area contributed by atoms with Gasteiger partial charge in [-0.3, -0.25) is 0 Å². The van der Waals surface area contributed by atoms with Gasteiger partial charge in [0.15, 0.2) is 5.82 Å². The molecule has 32 heavy (non-hydrogen) atoms. The van der Waals surface area contributed by atoms with E-state index in [1.807, 2.05) is 37.8 Å². The van der Waals surface area contributed by atoms with Crippen LogP contribution in [0.25, 0.3) is 16.5 Å². The van der Waals surface area contributed by atoms with Gasteiger partial charge in [-0.15, -0.1) is 0 Å². The maximum absolute atomic E-state index is 14.1. The molecule has 1 aliphatic heterocycles. The van der Waals surface area contributed by atoms with E-state index in [1.165, 1.54) is 12.1 Å². The zero-order chi connectivity index (χ0) is 22.9. The molecule has 1 atom stereocenters. The Labute approximate surface area is 186 Å². The summed E-state index contributed by atoms with van der Waals surface area (Å²) in [6.45, 7) is 6.59. The van der Waals surface area contributed by atoms with Gasteiger partial charge in [0, 0.05) is 18.5 Å². The number of anilines is 1. The van der Waals surface area contributed by atoms with Crippen LogP contribution in [0.2, 0.25) is 0 Å². The minimum absolute atomic E-state index is 0.0806. The van der Waals surface area contributed by atoms with Crippen LogP contribution in [0.15, 0.2) is 48.3 Å². The van der Waals surface area contributed by atoms with E-state index >= 15 is 0 Å². The van der Waals surface area contributed by atoms with Crippen molar-refractivity contribution >= 4 is 28.4 Å². The second kappa shape index (κ2) is 8.61. The van der Waals surface area contributed by atoms with Crippen molar-refractivity contribution in [2.24, 2.45) is 0 Å². The average Bonchev–Trinajstić information content (AvgIpc) is 3.05. The van der Waals surface area contributed by atoms with Crippen LogP contribution in [0.5, 0.6) is 0 Å². The van der Waals surface area contributed by atoms with E-state index in [2.05, 4.69) is 10.3 Å². The van der Waals surface area contributed by atoms with Gasteiger partial charge >= 0.3 is 6.09 Å². The van der Waals surface area contributed by atoms with Crippen LogP contribution in [0.3, 0.4) is 0 Å². The number of aliphatic hydroxyl groups is 1. The number of allylic oxidation sites excluding steroid dienone is 5. The molecule has 1 amide bonds. The lowest BCUT2D eigenvalue weighted by molar-refractivity contribution is 0.0509. The topological polar surface area (TPSA) is 87.6 Å². The Morgan fingerprint density at radius 1 is 1.31 bits per heavy atom. The fourth-order valence-corrected chi connectivity index (χ4v) is 3.81. The predicted octanol–water partition coefficient (Wildman–Crippen LogP) is 4.66.